The molecule has 0 fully saturated rings. The lowest BCUT2D eigenvalue weighted by Gasteiger charge is -2.13. The van der Waals surface area contributed by atoms with Gasteiger partial charge in [-0.15, -0.1) is 0 Å². The van der Waals surface area contributed by atoms with Crippen molar-refractivity contribution in [2.24, 2.45) is 0 Å². The highest BCUT2D eigenvalue weighted by Gasteiger charge is 2.19. The van der Waals surface area contributed by atoms with Crippen molar-refractivity contribution < 1.29 is 9.32 Å². The summed E-state index contributed by atoms with van der Waals surface area (Å²) in [6.45, 7) is 3.26. The van der Waals surface area contributed by atoms with Crippen LogP contribution in [0.4, 0.5) is 5.69 Å². The summed E-state index contributed by atoms with van der Waals surface area (Å²) in [7, 11) is 0. The van der Waals surface area contributed by atoms with E-state index in [0.29, 0.717) is 28.2 Å². The molecule has 0 bridgehead atoms. The van der Waals surface area contributed by atoms with Gasteiger partial charge in [-0.05, 0) is 30.7 Å². The predicted octanol–water partition coefficient (Wildman–Crippen LogP) is 4.12. The van der Waals surface area contributed by atoms with Gasteiger partial charge in [-0.2, -0.15) is 0 Å². The van der Waals surface area contributed by atoms with E-state index >= 15 is 0 Å². The summed E-state index contributed by atoms with van der Waals surface area (Å²) in [6, 6.07) is 16.7. The van der Waals surface area contributed by atoms with E-state index in [1.54, 1.807) is 25.1 Å². The maximum absolute atomic E-state index is 12.9. The number of H-pyrrole nitrogens is 1. The second-order valence-electron chi connectivity index (χ2n) is 6.34. The number of carbonyl (C=O) groups excluding carboxylic acids is 1. The van der Waals surface area contributed by atoms with Gasteiger partial charge in [-0.25, -0.2) is 0 Å². The van der Waals surface area contributed by atoms with E-state index < -0.39 is 0 Å². The number of aryl methyl sites for hydroxylation is 1. The standard InChI is InChI=1S/C21H17N3O3/c1-12-10-18(27-24-12)20-19(14-6-4-3-5-7-14)16-11-15(22-13(2)25)8-9-17(16)23-21(20)26/h3-11H,1-2H3,(H,22,25)(H,23,26). The van der Waals surface area contributed by atoms with Crippen LogP contribution in [0.5, 0.6) is 0 Å². The molecule has 0 atom stereocenters. The van der Waals surface area contributed by atoms with E-state index in [2.05, 4.69) is 15.5 Å². The first-order valence-electron chi connectivity index (χ1n) is 8.49. The van der Waals surface area contributed by atoms with E-state index in [1.165, 1.54) is 6.92 Å². The number of amides is 1. The molecule has 27 heavy (non-hydrogen) atoms. The Morgan fingerprint density at radius 3 is 2.52 bits per heavy atom. The number of nitrogens with one attached hydrogen (secondary N) is 2. The first kappa shape index (κ1) is 16.8. The minimum absolute atomic E-state index is 0.161. The van der Waals surface area contributed by atoms with E-state index in [9.17, 15) is 9.59 Å². The highest BCUT2D eigenvalue weighted by molar-refractivity contribution is 6.03. The summed E-state index contributed by atoms with van der Waals surface area (Å²) in [5, 5.41) is 7.51. The van der Waals surface area contributed by atoms with Crippen LogP contribution in [0.25, 0.3) is 33.4 Å². The Morgan fingerprint density at radius 2 is 1.85 bits per heavy atom. The van der Waals surface area contributed by atoms with Gasteiger partial charge in [0.1, 0.15) is 0 Å². The van der Waals surface area contributed by atoms with Gasteiger partial charge in [-0.1, -0.05) is 35.5 Å². The summed E-state index contributed by atoms with van der Waals surface area (Å²) >= 11 is 0. The van der Waals surface area contributed by atoms with Crippen molar-refractivity contribution in [1.29, 1.82) is 0 Å². The van der Waals surface area contributed by atoms with Gasteiger partial charge in [-0.3, -0.25) is 9.59 Å². The Kier molecular flexibility index (Phi) is 4.08. The van der Waals surface area contributed by atoms with E-state index in [4.69, 9.17) is 4.52 Å². The maximum Gasteiger partial charge on any atom is 0.260 e. The summed E-state index contributed by atoms with van der Waals surface area (Å²) in [6.07, 6.45) is 0. The Balaban J connectivity index is 2.10. The topological polar surface area (TPSA) is 88.0 Å². The maximum atomic E-state index is 12.9. The fourth-order valence-electron chi connectivity index (χ4n) is 3.20. The molecule has 0 aliphatic carbocycles. The molecule has 2 aromatic carbocycles. The molecule has 0 radical (unpaired) electrons. The van der Waals surface area contributed by atoms with Crippen molar-refractivity contribution in [3.05, 3.63) is 70.6 Å². The number of hydrogen-bond donors (Lipinski definition) is 2. The normalized spacial score (nSPS) is 10.9. The lowest BCUT2D eigenvalue weighted by molar-refractivity contribution is -0.114. The second-order valence-corrected chi connectivity index (χ2v) is 6.34. The molecule has 2 heterocycles. The number of fused-ring (bicyclic) bond motifs is 1. The molecule has 0 unspecified atom stereocenters. The van der Waals surface area contributed by atoms with Gasteiger partial charge in [0.25, 0.3) is 5.56 Å². The number of anilines is 1. The Labute approximate surface area is 154 Å². The third kappa shape index (κ3) is 3.13. The van der Waals surface area contributed by atoms with Crippen LogP contribution in [-0.2, 0) is 4.79 Å². The first-order chi connectivity index (χ1) is 13.0. The number of carbonyl (C=O) groups is 1. The van der Waals surface area contributed by atoms with Crippen molar-refractivity contribution in [2.75, 3.05) is 5.32 Å². The lowest BCUT2D eigenvalue weighted by atomic mass is 9.94. The predicted molar refractivity (Wildman–Crippen MR) is 105 cm³/mol. The van der Waals surface area contributed by atoms with Crippen molar-refractivity contribution in [3.63, 3.8) is 0 Å². The fourth-order valence-corrected chi connectivity index (χ4v) is 3.20. The molecule has 0 spiro atoms. The quantitative estimate of drug-likeness (QED) is 0.576. The molecule has 4 rings (SSSR count). The third-order valence-electron chi connectivity index (χ3n) is 4.27. The van der Waals surface area contributed by atoms with Gasteiger partial charge < -0.3 is 14.8 Å². The average Bonchev–Trinajstić information content (AvgIpc) is 3.07. The number of aromatic amines is 1. The van der Waals surface area contributed by atoms with Gasteiger partial charge in [0.2, 0.25) is 5.91 Å². The Bertz CT molecular complexity index is 1210. The van der Waals surface area contributed by atoms with Crippen molar-refractivity contribution >= 4 is 22.5 Å². The average molecular weight is 359 g/mol. The van der Waals surface area contributed by atoms with Gasteiger partial charge in [0.15, 0.2) is 5.76 Å². The van der Waals surface area contributed by atoms with E-state index in [0.717, 1.165) is 16.5 Å². The highest BCUT2D eigenvalue weighted by Crippen LogP contribution is 2.36. The zero-order valence-electron chi connectivity index (χ0n) is 14.9. The zero-order chi connectivity index (χ0) is 19.0. The SMILES string of the molecule is CC(=O)Nc1ccc2[nH]c(=O)c(-c3cc(C)no3)c(-c3ccccc3)c2c1. The zero-order valence-corrected chi connectivity index (χ0v) is 14.9. The molecule has 2 N–H and O–H groups in total. The van der Waals surface area contributed by atoms with Gasteiger partial charge in [0.05, 0.1) is 11.3 Å². The van der Waals surface area contributed by atoms with E-state index in [-0.39, 0.29) is 11.5 Å². The molecule has 6 nitrogen and oxygen atoms in total. The molecule has 6 heteroatoms. The van der Waals surface area contributed by atoms with Gasteiger partial charge >= 0.3 is 0 Å². The molecule has 0 saturated heterocycles. The fraction of sp³-hybridized carbons (Fsp3) is 0.0952. The van der Waals surface area contributed by atoms with Crippen LogP contribution in [0.15, 0.2) is 63.9 Å². The van der Waals surface area contributed by atoms with Crippen LogP contribution in [0.1, 0.15) is 12.6 Å². The summed E-state index contributed by atoms with van der Waals surface area (Å²) in [4.78, 5) is 27.2. The minimum Gasteiger partial charge on any atom is -0.356 e. The molecule has 134 valence electrons. The third-order valence-corrected chi connectivity index (χ3v) is 4.27. The summed E-state index contributed by atoms with van der Waals surface area (Å²) < 4.78 is 5.40. The van der Waals surface area contributed by atoms with Crippen LogP contribution in [0.3, 0.4) is 0 Å². The molecule has 2 aromatic heterocycles. The van der Waals surface area contributed by atoms with Crippen molar-refractivity contribution in [3.8, 4) is 22.5 Å². The van der Waals surface area contributed by atoms with Crippen LogP contribution >= 0.6 is 0 Å². The molecule has 0 aliphatic rings. The monoisotopic (exact) mass is 359 g/mol. The molecular formula is C21H17N3O3. The Hall–Kier alpha value is -3.67. The summed E-state index contributed by atoms with van der Waals surface area (Å²) in [5.41, 5.74) is 3.77. The van der Waals surface area contributed by atoms with E-state index in [1.807, 2.05) is 36.4 Å². The number of nitrogens with zero attached hydrogens (tertiary/aromatic N) is 1. The van der Waals surface area contributed by atoms with Crippen molar-refractivity contribution in [2.45, 2.75) is 13.8 Å². The summed E-state index contributed by atoms with van der Waals surface area (Å²) in [5.74, 6) is 0.241. The minimum atomic E-state index is -0.259. The molecule has 4 aromatic rings. The number of benzene rings is 2. The van der Waals surface area contributed by atoms with Crippen molar-refractivity contribution in [1.82, 2.24) is 10.1 Å². The van der Waals surface area contributed by atoms with Gasteiger partial charge in [0, 0.05) is 35.1 Å². The smallest absolute Gasteiger partial charge is 0.260 e. The molecular weight excluding hydrogens is 342 g/mol. The van der Waals surface area contributed by atoms with Crippen LogP contribution in [0.2, 0.25) is 0 Å². The number of rotatable bonds is 3. The number of hydrogen-bond acceptors (Lipinski definition) is 4. The van der Waals surface area contributed by atoms with Crippen LogP contribution in [-0.4, -0.2) is 16.0 Å². The first-order valence-corrected chi connectivity index (χ1v) is 8.49. The van der Waals surface area contributed by atoms with Crippen LogP contribution in [0, 0.1) is 6.92 Å². The molecule has 0 aliphatic heterocycles. The highest BCUT2D eigenvalue weighted by atomic mass is 16.5. The Morgan fingerprint density at radius 1 is 1.07 bits per heavy atom. The lowest BCUT2D eigenvalue weighted by Crippen LogP contribution is -2.11. The largest absolute Gasteiger partial charge is 0.356 e. The second kappa shape index (κ2) is 6.57. The number of aromatic nitrogens is 2. The molecule has 1 amide bonds. The number of pyridine rings is 1. The van der Waals surface area contributed by atoms with Crippen LogP contribution < -0.4 is 10.9 Å². The molecule has 0 saturated carbocycles.